The quantitative estimate of drug-likeness (QED) is 0.707. The molecule has 0 fully saturated rings. The minimum atomic E-state index is -4.30. The minimum absolute atomic E-state index is 0.327. The van der Waals surface area contributed by atoms with Crippen LogP contribution < -0.4 is 0 Å². The molecule has 0 amide bonds. The maximum atomic E-state index is 12.2. The van der Waals surface area contributed by atoms with Crippen molar-refractivity contribution in [3.05, 3.63) is 35.9 Å². The third-order valence-corrected chi connectivity index (χ3v) is 2.15. The lowest BCUT2D eigenvalue weighted by Gasteiger charge is -2.14. The molecule has 0 radical (unpaired) electrons. The molecule has 0 saturated heterocycles. The van der Waals surface area contributed by atoms with Crippen molar-refractivity contribution < 1.29 is 18.0 Å². The van der Waals surface area contributed by atoms with Crippen LogP contribution in [0.1, 0.15) is 23.7 Å². The van der Waals surface area contributed by atoms with E-state index < -0.39 is 24.3 Å². The number of carbonyl (C=O) groups is 1. The summed E-state index contributed by atoms with van der Waals surface area (Å²) in [4.78, 5) is 11.4. The van der Waals surface area contributed by atoms with Crippen LogP contribution in [0.25, 0.3) is 0 Å². The van der Waals surface area contributed by atoms with Crippen LogP contribution in [0, 0.1) is 5.92 Å². The first-order valence-electron chi connectivity index (χ1n) is 4.56. The lowest BCUT2D eigenvalue weighted by atomic mass is 9.99. The highest BCUT2D eigenvalue weighted by Gasteiger charge is 2.37. The second kappa shape index (κ2) is 4.47. The maximum Gasteiger partial charge on any atom is 0.391 e. The molecular formula is C11H11F3O. The molecule has 82 valence electrons. The van der Waals surface area contributed by atoms with Gasteiger partial charge in [-0.05, 0) is 0 Å². The van der Waals surface area contributed by atoms with E-state index in [1.54, 1.807) is 18.2 Å². The van der Waals surface area contributed by atoms with Crippen LogP contribution >= 0.6 is 0 Å². The van der Waals surface area contributed by atoms with Crippen LogP contribution in [-0.4, -0.2) is 12.0 Å². The van der Waals surface area contributed by atoms with E-state index in [1.165, 1.54) is 12.1 Å². The molecule has 0 spiro atoms. The summed E-state index contributed by atoms with van der Waals surface area (Å²) in [5.74, 6) is -2.06. The van der Waals surface area contributed by atoms with Crippen molar-refractivity contribution in [3.8, 4) is 0 Å². The van der Waals surface area contributed by atoms with Gasteiger partial charge in [-0.1, -0.05) is 37.3 Å². The highest BCUT2D eigenvalue weighted by atomic mass is 19.4. The number of hydrogen-bond acceptors (Lipinski definition) is 1. The fraction of sp³-hybridized carbons (Fsp3) is 0.364. The first-order valence-corrected chi connectivity index (χ1v) is 4.56. The second-order valence-corrected chi connectivity index (χ2v) is 3.44. The number of rotatable bonds is 3. The molecule has 0 aliphatic rings. The van der Waals surface area contributed by atoms with Gasteiger partial charge in [-0.2, -0.15) is 13.2 Å². The summed E-state index contributed by atoms with van der Waals surface area (Å²) in [7, 11) is 0. The van der Waals surface area contributed by atoms with Crippen LogP contribution in [0.3, 0.4) is 0 Å². The Morgan fingerprint density at radius 1 is 1.27 bits per heavy atom. The van der Waals surface area contributed by atoms with E-state index in [0.717, 1.165) is 6.92 Å². The summed E-state index contributed by atoms with van der Waals surface area (Å²) in [5.41, 5.74) is 0.327. The van der Waals surface area contributed by atoms with Crippen molar-refractivity contribution in [3.63, 3.8) is 0 Å². The molecule has 1 atom stereocenters. The highest BCUT2D eigenvalue weighted by Crippen LogP contribution is 2.29. The van der Waals surface area contributed by atoms with Gasteiger partial charge in [0.1, 0.15) is 0 Å². The number of hydrogen-bond donors (Lipinski definition) is 0. The summed E-state index contributed by atoms with van der Waals surface area (Å²) in [5, 5.41) is 0. The van der Waals surface area contributed by atoms with E-state index in [-0.39, 0.29) is 0 Å². The smallest absolute Gasteiger partial charge is 0.294 e. The lowest BCUT2D eigenvalue weighted by Crippen LogP contribution is -2.22. The third-order valence-electron chi connectivity index (χ3n) is 2.15. The third kappa shape index (κ3) is 3.38. The summed E-state index contributed by atoms with van der Waals surface area (Å²) in [6.45, 7) is 1.01. The number of halogens is 3. The molecule has 0 aliphatic carbocycles. The SMILES string of the molecule is CC(CC(=O)c1ccccc1)C(F)(F)F. The number of ketones is 1. The van der Waals surface area contributed by atoms with Gasteiger partial charge in [0.2, 0.25) is 0 Å². The molecule has 0 heterocycles. The van der Waals surface area contributed by atoms with E-state index in [0.29, 0.717) is 5.56 Å². The van der Waals surface area contributed by atoms with Gasteiger partial charge in [0.15, 0.2) is 5.78 Å². The molecule has 1 aromatic rings. The zero-order valence-corrected chi connectivity index (χ0v) is 8.21. The van der Waals surface area contributed by atoms with Crippen LogP contribution in [0.15, 0.2) is 30.3 Å². The van der Waals surface area contributed by atoms with Crippen molar-refractivity contribution in [2.24, 2.45) is 5.92 Å². The van der Waals surface area contributed by atoms with Gasteiger partial charge in [-0.15, -0.1) is 0 Å². The van der Waals surface area contributed by atoms with Crippen molar-refractivity contribution in [1.82, 2.24) is 0 Å². The van der Waals surface area contributed by atoms with E-state index in [4.69, 9.17) is 0 Å². The fourth-order valence-electron chi connectivity index (χ4n) is 1.14. The molecule has 1 aromatic carbocycles. The zero-order valence-electron chi connectivity index (χ0n) is 8.21. The normalized spacial score (nSPS) is 13.6. The average Bonchev–Trinajstić information content (AvgIpc) is 2.17. The Kier molecular flexibility index (Phi) is 3.50. The number of alkyl halides is 3. The van der Waals surface area contributed by atoms with Crippen molar-refractivity contribution in [2.45, 2.75) is 19.5 Å². The minimum Gasteiger partial charge on any atom is -0.294 e. The first kappa shape index (κ1) is 11.8. The van der Waals surface area contributed by atoms with E-state index in [9.17, 15) is 18.0 Å². The van der Waals surface area contributed by atoms with Crippen LogP contribution in [0.2, 0.25) is 0 Å². The summed E-state index contributed by atoms with van der Waals surface area (Å²) in [6, 6.07) is 8.01. The molecule has 0 N–H and O–H groups in total. The van der Waals surface area contributed by atoms with Gasteiger partial charge in [-0.3, -0.25) is 4.79 Å². The molecule has 15 heavy (non-hydrogen) atoms. The van der Waals surface area contributed by atoms with E-state index in [1.807, 2.05) is 0 Å². The summed E-state index contributed by atoms with van der Waals surface area (Å²) in [6.07, 6.45) is -4.79. The number of benzene rings is 1. The monoisotopic (exact) mass is 216 g/mol. The van der Waals surface area contributed by atoms with Gasteiger partial charge >= 0.3 is 6.18 Å². The summed E-state index contributed by atoms with van der Waals surface area (Å²) < 4.78 is 36.5. The Bertz CT molecular complexity index is 329. The Morgan fingerprint density at radius 2 is 1.80 bits per heavy atom. The second-order valence-electron chi connectivity index (χ2n) is 3.44. The summed E-state index contributed by atoms with van der Waals surface area (Å²) >= 11 is 0. The highest BCUT2D eigenvalue weighted by molar-refractivity contribution is 5.96. The largest absolute Gasteiger partial charge is 0.391 e. The number of Topliss-reactive ketones (excluding diaryl/α,β-unsaturated/α-hetero) is 1. The molecule has 0 aliphatic heterocycles. The molecule has 1 rings (SSSR count). The molecule has 1 nitrogen and oxygen atoms in total. The van der Waals surface area contributed by atoms with Crippen molar-refractivity contribution >= 4 is 5.78 Å². The molecule has 0 saturated carbocycles. The molecule has 0 bridgehead atoms. The fourth-order valence-corrected chi connectivity index (χ4v) is 1.14. The van der Waals surface area contributed by atoms with Crippen molar-refractivity contribution in [1.29, 1.82) is 0 Å². The van der Waals surface area contributed by atoms with Crippen LogP contribution in [0.4, 0.5) is 13.2 Å². The molecule has 0 aromatic heterocycles. The van der Waals surface area contributed by atoms with Gasteiger partial charge in [0.25, 0.3) is 0 Å². The van der Waals surface area contributed by atoms with Gasteiger partial charge in [-0.25, -0.2) is 0 Å². The van der Waals surface area contributed by atoms with Crippen molar-refractivity contribution in [2.75, 3.05) is 0 Å². The molecule has 1 unspecified atom stereocenters. The standard InChI is InChI=1S/C11H11F3O/c1-8(11(12,13)14)7-10(15)9-5-3-2-4-6-9/h2-6,8H,7H2,1H3. The van der Waals surface area contributed by atoms with E-state index >= 15 is 0 Å². The first-order chi connectivity index (χ1) is 6.91. The molecular weight excluding hydrogens is 205 g/mol. The lowest BCUT2D eigenvalue weighted by molar-refractivity contribution is -0.168. The maximum absolute atomic E-state index is 12.2. The molecule has 4 heteroatoms. The average molecular weight is 216 g/mol. The Balaban J connectivity index is 2.65. The van der Waals surface area contributed by atoms with E-state index in [2.05, 4.69) is 0 Å². The number of carbonyl (C=O) groups excluding carboxylic acids is 1. The van der Waals surface area contributed by atoms with Gasteiger partial charge < -0.3 is 0 Å². The van der Waals surface area contributed by atoms with Crippen LogP contribution in [0.5, 0.6) is 0 Å². The predicted molar refractivity (Wildman–Crippen MR) is 50.6 cm³/mol. The van der Waals surface area contributed by atoms with Crippen LogP contribution in [-0.2, 0) is 0 Å². The zero-order chi connectivity index (χ0) is 11.5. The topological polar surface area (TPSA) is 17.1 Å². The Hall–Kier alpha value is -1.32. The predicted octanol–water partition coefficient (Wildman–Crippen LogP) is 3.46. The Morgan fingerprint density at radius 3 is 2.27 bits per heavy atom. The van der Waals surface area contributed by atoms with Gasteiger partial charge in [0, 0.05) is 12.0 Å². The Labute approximate surface area is 85.9 Å². The van der Waals surface area contributed by atoms with Gasteiger partial charge in [0.05, 0.1) is 5.92 Å².